The van der Waals surface area contributed by atoms with E-state index in [1.54, 1.807) is 5.79 Å². The molecule has 0 amide bonds. The predicted molar refractivity (Wildman–Crippen MR) is 66.8 cm³/mol. The second-order valence-electron chi connectivity index (χ2n) is 2.82. The van der Waals surface area contributed by atoms with Gasteiger partial charge in [-0.05, 0) is 0 Å². The van der Waals surface area contributed by atoms with E-state index in [4.69, 9.17) is 0 Å². The summed E-state index contributed by atoms with van der Waals surface area (Å²) >= 11 is 5.34. The molecule has 0 N–H and O–H groups in total. The Morgan fingerprint density at radius 3 is 1.42 bits per heavy atom. The average Bonchev–Trinajstić information content (AvgIpc) is 2.58. The van der Waals surface area contributed by atoms with Crippen LogP contribution >= 0.6 is 22.7 Å². The monoisotopic (exact) mass is 410 g/mol. The summed E-state index contributed by atoms with van der Waals surface area (Å²) in [7, 11) is 0. The van der Waals surface area contributed by atoms with Crippen molar-refractivity contribution in [3.8, 4) is 9.75 Å². The van der Waals surface area contributed by atoms with Crippen LogP contribution < -0.4 is 5.79 Å². The molecule has 4 heteroatoms. The summed E-state index contributed by atoms with van der Waals surface area (Å²) in [6.07, 6.45) is 0. The Labute approximate surface area is 106 Å². The van der Waals surface area contributed by atoms with Crippen LogP contribution in [0, 0.1) is 0 Å². The molecule has 0 bridgehead atoms. The predicted octanol–water partition coefficient (Wildman–Crippen LogP) is -0.542. The average molecular weight is 408 g/mol. The van der Waals surface area contributed by atoms with Crippen molar-refractivity contribution in [1.82, 2.24) is 0 Å². The van der Waals surface area contributed by atoms with E-state index in [9.17, 15) is 0 Å². The standard InChI is InChI=1S/C8H4S2.2Sn.6H/c1-3-7(9-5-1)8-4-2-6-10-8;;;;;;;;/h1-4H;;;;;;;;. The zero-order chi connectivity index (χ0) is 8.55. The molecule has 12 heavy (non-hydrogen) atoms. The van der Waals surface area contributed by atoms with Gasteiger partial charge in [-0.3, -0.25) is 0 Å². The summed E-state index contributed by atoms with van der Waals surface area (Å²) in [6.45, 7) is 0. The Kier molecular flexibility index (Phi) is 3.20. The third-order valence-electron chi connectivity index (χ3n) is 1.72. The van der Waals surface area contributed by atoms with Crippen LogP contribution in [0.2, 0.25) is 0 Å². The third kappa shape index (κ3) is 2.08. The Morgan fingerprint density at radius 2 is 1.17 bits per heavy atom. The van der Waals surface area contributed by atoms with E-state index >= 15 is 0 Å². The molecule has 0 aromatic carbocycles. The van der Waals surface area contributed by atoms with Gasteiger partial charge in [0.1, 0.15) is 0 Å². The van der Waals surface area contributed by atoms with Gasteiger partial charge in [-0.25, -0.2) is 0 Å². The van der Waals surface area contributed by atoms with Crippen LogP contribution in [0.4, 0.5) is 0 Å². The van der Waals surface area contributed by atoms with Gasteiger partial charge in [0.05, 0.1) is 0 Å². The molecular weight excluding hydrogens is 398 g/mol. The van der Waals surface area contributed by atoms with E-state index < -0.39 is 0 Å². The van der Waals surface area contributed by atoms with Crippen LogP contribution in [0.15, 0.2) is 24.3 Å². The Bertz CT molecular complexity index is 351. The molecule has 62 valence electrons. The molecule has 0 aliphatic carbocycles. The van der Waals surface area contributed by atoms with Gasteiger partial charge in [-0.15, -0.1) is 0 Å². The molecule has 0 aliphatic rings. The maximum atomic E-state index is 2.29. The van der Waals surface area contributed by atoms with Gasteiger partial charge in [-0.1, -0.05) is 0 Å². The fraction of sp³-hybridized carbons (Fsp3) is 0. The molecule has 0 radical (unpaired) electrons. The second-order valence-corrected chi connectivity index (χ2v) is 15.7. The first-order valence-electron chi connectivity index (χ1n) is 3.89. The normalized spacial score (nSPS) is 11.0. The van der Waals surface area contributed by atoms with E-state index in [0.717, 1.165) is 0 Å². The van der Waals surface area contributed by atoms with Crippen LogP contribution in [-0.2, 0) is 0 Å². The van der Waals surface area contributed by atoms with Crippen molar-refractivity contribution in [3.05, 3.63) is 24.3 Å². The number of thiophene rings is 2. The molecule has 0 spiro atoms. The number of hydrogen-bond donors (Lipinski definition) is 0. The van der Waals surface area contributed by atoms with Crippen LogP contribution in [-0.4, -0.2) is 45.0 Å². The molecule has 0 atom stereocenters. The van der Waals surface area contributed by atoms with Crippen LogP contribution in [0.5, 0.6) is 0 Å². The van der Waals surface area contributed by atoms with Crippen LogP contribution in [0.25, 0.3) is 9.75 Å². The van der Waals surface area contributed by atoms with E-state index in [0.29, 0.717) is 45.0 Å². The molecule has 2 aromatic heterocycles. The molecule has 0 saturated heterocycles. The zero-order valence-corrected chi connectivity index (χ0v) is 20.2. The molecule has 0 fully saturated rings. The molecule has 0 nitrogen and oxygen atoms in total. The van der Waals surface area contributed by atoms with Crippen molar-refractivity contribution in [2.75, 3.05) is 0 Å². The molecule has 0 unspecified atom stereocenters. The fourth-order valence-electron chi connectivity index (χ4n) is 1.13. The molecule has 0 saturated carbocycles. The number of hydrogen-bond acceptors (Lipinski definition) is 2. The third-order valence-corrected chi connectivity index (χ3v) is 9.32. The minimum atomic E-state index is 0.691. The summed E-state index contributed by atoms with van der Waals surface area (Å²) in [5, 5.41) is 0. The summed E-state index contributed by atoms with van der Waals surface area (Å²) < 4.78 is 3.22. The molecule has 0 aliphatic heterocycles. The van der Waals surface area contributed by atoms with Gasteiger partial charge < -0.3 is 0 Å². The first-order valence-corrected chi connectivity index (χ1v) is 11.2. The van der Waals surface area contributed by atoms with Crippen molar-refractivity contribution in [2.24, 2.45) is 0 Å². The number of rotatable bonds is 1. The first kappa shape index (κ1) is 9.55. The van der Waals surface area contributed by atoms with Gasteiger partial charge in [0.25, 0.3) is 0 Å². The van der Waals surface area contributed by atoms with Gasteiger partial charge >= 0.3 is 108 Å². The van der Waals surface area contributed by atoms with Gasteiger partial charge in [0.15, 0.2) is 0 Å². The Morgan fingerprint density at radius 1 is 0.750 bits per heavy atom. The first-order chi connectivity index (χ1) is 5.75. The summed E-state index contributed by atoms with van der Waals surface area (Å²) in [6, 6.07) is 9.12. The van der Waals surface area contributed by atoms with Crippen molar-refractivity contribution in [2.45, 2.75) is 0 Å². The molecule has 2 rings (SSSR count). The summed E-state index contributed by atoms with van der Waals surface area (Å²) in [5.41, 5.74) is 0. The fourth-order valence-corrected chi connectivity index (χ4v) is 7.68. The van der Waals surface area contributed by atoms with Crippen molar-refractivity contribution in [3.63, 3.8) is 0 Å². The quantitative estimate of drug-likeness (QED) is 0.557. The van der Waals surface area contributed by atoms with Gasteiger partial charge in [0, 0.05) is 0 Å². The van der Waals surface area contributed by atoms with E-state index in [2.05, 4.69) is 24.3 Å². The van der Waals surface area contributed by atoms with Crippen molar-refractivity contribution in [1.29, 1.82) is 0 Å². The van der Waals surface area contributed by atoms with Crippen molar-refractivity contribution < 1.29 is 0 Å². The van der Waals surface area contributed by atoms with E-state index in [1.165, 1.54) is 9.75 Å². The van der Waals surface area contributed by atoms with E-state index in [1.807, 2.05) is 22.7 Å². The van der Waals surface area contributed by atoms with E-state index in [-0.39, 0.29) is 0 Å². The second kappa shape index (κ2) is 4.02. The maximum absolute atomic E-state index is 2.29. The van der Waals surface area contributed by atoms with Crippen LogP contribution in [0.1, 0.15) is 0 Å². The molecular formula is C8H10S2Sn2. The van der Waals surface area contributed by atoms with Gasteiger partial charge in [-0.2, -0.15) is 0 Å². The van der Waals surface area contributed by atoms with Gasteiger partial charge in [0.2, 0.25) is 0 Å². The Hall–Kier alpha value is 0.997. The van der Waals surface area contributed by atoms with Crippen LogP contribution in [0.3, 0.4) is 0 Å². The summed E-state index contributed by atoms with van der Waals surface area (Å²) in [5.74, 6) is 0. The SMILES string of the molecule is [SnH3][c]1ccc(-c2cc[c]([SnH3])s2)s1. The summed E-state index contributed by atoms with van der Waals surface area (Å²) in [4.78, 5) is 2.96. The zero-order valence-electron chi connectivity index (χ0n) is 7.13. The Balaban J connectivity index is 2.43. The molecule has 2 aromatic rings. The minimum absolute atomic E-state index is 0.691. The van der Waals surface area contributed by atoms with Crippen molar-refractivity contribution >= 4 is 73.5 Å². The topological polar surface area (TPSA) is 0 Å². The molecule has 2 heterocycles.